The van der Waals surface area contributed by atoms with Gasteiger partial charge in [-0.2, -0.15) is 16.6 Å². The number of nitrogens with zero attached hydrogens (tertiary/aromatic N) is 2. The number of β-amino-alcohol motifs (C(OH)–C–C–N with tert-alkyl or cyclic N) is 1. The van der Waals surface area contributed by atoms with Crippen LogP contribution < -0.4 is 5.32 Å². The zero-order valence-corrected chi connectivity index (χ0v) is 18.5. The van der Waals surface area contributed by atoms with Gasteiger partial charge < -0.3 is 20.1 Å². The molecule has 0 aromatic carbocycles. The van der Waals surface area contributed by atoms with Crippen molar-refractivity contribution in [3.05, 3.63) is 44.5 Å². The summed E-state index contributed by atoms with van der Waals surface area (Å²) < 4.78 is 5.46. The summed E-state index contributed by atoms with van der Waals surface area (Å²) in [5.41, 5.74) is 2.50. The SMILES string of the molecule is N#Cc1c(NC(=O)/C=C/c2ccsc2)sc2c1CCC(COC(=O)N1CCC(O)C1)C2. The molecule has 1 fully saturated rings. The number of likely N-dealkylation sites (tertiary alicyclic amines) is 1. The van der Waals surface area contributed by atoms with Crippen LogP contribution in [-0.4, -0.2) is 47.8 Å². The second-order valence-electron chi connectivity index (χ2n) is 7.77. The summed E-state index contributed by atoms with van der Waals surface area (Å²) in [4.78, 5) is 27.1. The molecule has 0 saturated carbocycles. The molecule has 2 N–H and O–H groups in total. The van der Waals surface area contributed by atoms with Crippen molar-refractivity contribution in [3.63, 3.8) is 0 Å². The molecule has 31 heavy (non-hydrogen) atoms. The second kappa shape index (κ2) is 9.64. The Morgan fingerprint density at radius 2 is 2.29 bits per heavy atom. The molecule has 3 heterocycles. The lowest BCUT2D eigenvalue weighted by atomic mass is 9.88. The molecular formula is C22H23N3O4S2. The van der Waals surface area contributed by atoms with Gasteiger partial charge >= 0.3 is 6.09 Å². The standard InChI is InChI=1S/C22H23N3O4S2/c23-10-18-17-3-1-15(12-29-22(28)25-7-5-16(26)11-25)9-19(17)31-21(18)24-20(27)4-2-14-6-8-30-13-14/h2,4,6,8,13,15-16,26H,1,3,5,7,9,11-12H2,(H,24,27)/b4-2+. The molecule has 162 valence electrons. The van der Waals surface area contributed by atoms with Crippen molar-refractivity contribution in [1.29, 1.82) is 5.26 Å². The third-order valence-corrected chi connectivity index (χ3v) is 7.42. The van der Waals surface area contributed by atoms with Crippen molar-refractivity contribution in [2.75, 3.05) is 25.0 Å². The van der Waals surface area contributed by atoms with E-state index in [-0.39, 0.29) is 17.9 Å². The van der Waals surface area contributed by atoms with Crippen molar-refractivity contribution in [3.8, 4) is 6.07 Å². The van der Waals surface area contributed by atoms with Crippen LogP contribution in [0.1, 0.15) is 34.4 Å². The number of aliphatic hydroxyl groups excluding tert-OH is 1. The first-order valence-electron chi connectivity index (χ1n) is 10.2. The lowest BCUT2D eigenvalue weighted by Gasteiger charge is -2.23. The van der Waals surface area contributed by atoms with Gasteiger partial charge in [0.25, 0.3) is 0 Å². The van der Waals surface area contributed by atoms with E-state index in [0.29, 0.717) is 43.1 Å². The number of hydrogen-bond donors (Lipinski definition) is 2. The number of aliphatic hydroxyl groups is 1. The van der Waals surface area contributed by atoms with Crippen molar-refractivity contribution in [2.45, 2.75) is 31.8 Å². The Balaban J connectivity index is 1.36. The molecule has 4 rings (SSSR count). The third kappa shape index (κ3) is 5.15. The molecule has 2 unspecified atom stereocenters. The number of thiophene rings is 2. The first-order valence-corrected chi connectivity index (χ1v) is 11.9. The van der Waals surface area contributed by atoms with Gasteiger partial charge in [0.2, 0.25) is 5.91 Å². The Morgan fingerprint density at radius 3 is 3.00 bits per heavy atom. The van der Waals surface area contributed by atoms with Crippen LogP contribution >= 0.6 is 22.7 Å². The molecule has 9 heteroatoms. The van der Waals surface area contributed by atoms with Crippen LogP contribution in [0.2, 0.25) is 0 Å². The highest BCUT2D eigenvalue weighted by molar-refractivity contribution is 7.16. The predicted molar refractivity (Wildman–Crippen MR) is 120 cm³/mol. The van der Waals surface area contributed by atoms with Crippen molar-refractivity contribution in [2.24, 2.45) is 5.92 Å². The van der Waals surface area contributed by atoms with Gasteiger partial charge in [0.05, 0.1) is 18.3 Å². The summed E-state index contributed by atoms with van der Waals surface area (Å²) in [6.07, 6.45) is 5.22. The number of nitriles is 1. The van der Waals surface area contributed by atoms with Gasteiger partial charge in [-0.15, -0.1) is 11.3 Å². The Bertz CT molecular complexity index is 1020. The average Bonchev–Trinajstić information content (AvgIpc) is 3.50. The van der Waals surface area contributed by atoms with Crippen molar-refractivity contribution in [1.82, 2.24) is 4.90 Å². The molecule has 1 aliphatic heterocycles. The molecule has 1 saturated heterocycles. The topological polar surface area (TPSA) is 103 Å². The predicted octanol–water partition coefficient (Wildman–Crippen LogP) is 3.64. The average molecular weight is 458 g/mol. The maximum Gasteiger partial charge on any atom is 0.409 e. The highest BCUT2D eigenvalue weighted by Crippen LogP contribution is 2.39. The summed E-state index contributed by atoms with van der Waals surface area (Å²) in [6, 6.07) is 4.17. The van der Waals surface area contributed by atoms with E-state index in [1.165, 1.54) is 22.3 Å². The summed E-state index contributed by atoms with van der Waals surface area (Å²) >= 11 is 2.99. The number of ether oxygens (including phenoxy) is 1. The second-order valence-corrected chi connectivity index (χ2v) is 9.66. The minimum absolute atomic E-state index is 0.177. The Labute approximate surface area is 188 Å². The van der Waals surface area contributed by atoms with Gasteiger partial charge in [0.15, 0.2) is 0 Å². The summed E-state index contributed by atoms with van der Waals surface area (Å²) in [5.74, 6) is -0.0872. The van der Waals surface area contributed by atoms with Gasteiger partial charge in [0, 0.05) is 24.0 Å². The summed E-state index contributed by atoms with van der Waals surface area (Å²) in [5, 5.41) is 26.5. The first-order chi connectivity index (χ1) is 15.0. The van der Waals surface area contributed by atoms with E-state index in [2.05, 4.69) is 11.4 Å². The largest absolute Gasteiger partial charge is 0.449 e. The molecule has 2 amide bonds. The molecule has 0 spiro atoms. The Morgan fingerprint density at radius 1 is 1.42 bits per heavy atom. The van der Waals surface area contributed by atoms with Crippen molar-refractivity contribution >= 4 is 45.8 Å². The lowest BCUT2D eigenvalue weighted by molar-refractivity contribution is -0.111. The number of rotatable bonds is 5. The summed E-state index contributed by atoms with van der Waals surface area (Å²) in [7, 11) is 0. The molecular weight excluding hydrogens is 434 g/mol. The van der Waals surface area contributed by atoms with E-state index in [9.17, 15) is 20.0 Å². The number of hydrogen-bond acceptors (Lipinski definition) is 7. The van der Waals surface area contributed by atoms with E-state index in [1.54, 1.807) is 17.4 Å². The maximum atomic E-state index is 12.3. The van der Waals surface area contributed by atoms with E-state index < -0.39 is 6.10 Å². The van der Waals surface area contributed by atoms with Crippen LogP contribution in [0.5, 0.6) is 0 Å². The normalized spacial score (nSPS) is 20.5. The minimum Gasteiger partial charge on any atom is -0.449 e. The Hall–Kier alpha value is -2.67. The van der Waals surface area contributed by atoms with Crippen LogP contribution in [0.4, 0.5) is 9.80 Å². The van der Waals surface area contributed by atoms with Gasteiger partial charge in [-0.1, -0.05) is 0 Å². The van der Waals surface area contributed by atoms with E-state index in [4.69, 9.17) is 4.74 Å². The number of fused-ring (bicyclic) bond motifs is 1. The first kappa shape index (κ1) is 21.6. The van der Waals surface area contributed by atoms with Crippen molar-refractivity contribution < 1.29 is 19.4 Å². The van der Waals surface area contributed by atoms with Crippen LogP contribution in [0.15, 0.2) is 22.9 Å². The molecule has 2 aliphatic rings. The van der Waals surface area contributed by atoms with Crippen LogP contribution in [0, 0.1) is 17.2 Å². The number of amides is 2. The highest BCUT2D eigenvalue weighted by Gasteiger charge is 2.29. The minimum atomic E-state index is -0.464. The molecule has 1 aliphatic carbocycles. The number of anilines is 1. The number of nitrogens with one attached hydrogen (secondary N) is 1. The van der Waals surface area contributed by atoms with Gasteiger partial charge in [0.1, 0.15) is 11.1 Å². The van der Waals surface area contributed by atoms with E-state index in [0.717, 1.165) is 28.8 Å². The van der Waals surface area contributed by atoms with E-state index >= 15 is 0 Å². The fourth-order valence-electron chi connectivity index (χ4n) is 3.89. The fourth-order valence-corrected chi connectivity index (χ4v) is 5.83. The fraction of sp³-hybridized carbons (Fsp3) is 0.409. The molecule has 2 aromatic rings. The highest BCUT2D eigenvalue weighted by atomic mass is 32.1. The maximum absolute atomic E-state index is 12.3. The third-order valence-electron chi connectivity index (χ3n) is 5.55. The lowest BCUT2D eigenvalue weighted by Crippen LogP contribution is -2.32. The zero-order valence-electron chi connectivity index (χ0n) is 16.9. The van der Waals surface area contributed by atoms with Crippen LogP contribution in [-0.2, 0) is 22.4 Å². The van der Waals surface area contributed by atoms with Gasteiger partial charge in [-0.05, 0) is 65.6 Å². The smallest absolute Gasteiger partial charge is 0.409 e. The van der Waals surface area contributed by atoms with Crippen LogP contribution in [0.3, 0.4) is 0 Å². The van der Waals surface area contributed by atoms with E-state index in [1.807, 2.05) is 16.8 Å². The number of carbonyl (C=O) groups excluding carboxylic acids is 2. The van der Waals surface area contributed by atoms with Crippen LogP contribution in [0.25, 0.3) is 6.08 Å². The zero-order chi connectivity index (χ0) is 21.8. The molecule has 2 atom stereocenters. The molecule has 0 bridgehead atoms. The quantitative estimate of drug-likeness (QED) is 0.668. The molecule has 7 nitrogen and oxygen atoms in total. The Kier molecular flexibility index (Phi) is 6.70. The molecule has 0 radical (unpaired) electrons. The number of carbonyl (C=O) groups is 2. The van der Waals surface area contributed by atoms with Gasteiger partial charge in [-0.3, -0.25) is 4.79 Å². The monoisotopic (exact) mass is 457 g/mol. The summed E-state index contributed by atoms with van der Waals surface area (Å²) in [6.45, 7) is 1.17. The van der Waals surface area contributed by atoms with Gasteiger partial charge in [-0.25, -0.2) is 4.79 Å². The molecule has 2 aromatic heterocycles.